The second kappa shape index (κ2) is 6.76. The maximum absolute atomic E-state index is 6.40. The summed E-state index contributed by atoms with van der Waals surface area (Å²) in [5.74, 6) is 0. The molecule has 0 amide bonds. The third-order valence-electron chi connectivity index (χ3n) is 4.73. The summed E-state index contributed by atoms with van der Waals surface area (Å²) in [5, 5.41) is 4.32. The van der Waals surface area contributed by atoms with Crippen molar-refractivity contribution in [3.63, 3.8) is 0 Å². The molecular weight excluding hydrogens is 254 g/mol. The first-order valence-corrected chi connectivity index (χ1v) is 7.70. The van der Waals surface area contributed by atoms with Gasteiger partial charge < -0.3 is 5.32 Å². The molecule has 0 fully saturated rings. The number of hydrogen-bond acceptors (Lipinski definition) is 1. The fourth-order valence-corrected chi connectivity index (χ4v) is 3.22. The molecule has 1 rings (SSSR count). The first-order valence-electron chi connectivity index (χ1n) is 7.33. The van der Waals surface area contributed by atoms with Gasteiger partial charge in [0.05, 0.1) is 0 Å². The molecule has 0 saturated carbocycles. The Hall–Kier alpha value is -0.530. The SMILES string of the molecule is CCc1c(C)cc(CC(C)(CC)C(C)NC)cc1Cl. The standard InChI is InChI=1S/C17H28ClN/c1-7-15-12(3)9-14(10-16(15)18)11-17(5,8-2)13(4)19-6/h9-10,13,19H,7-8,11H2,1-6H3. The van der Waals surface area contributed by atoms with Crippen molar-refractivity contribution in [2.24, 2.45) is 5.41 Å². The smallest absolute Gasteiger partial charge is 0.0443 e. The molecule has 0 aliphatic heterocycles. The van der Waals surface area contributed by atoms with Gasteiger partial charge in [0.2, 0.25) is 0 Å². The second-order valence-electron chi connectivity index (χ2n) is 5.92. The molecule has 2 atom stereocenters. The molecular formula is C17H28ClN. The fraction of sp³-hybridized carbons (Fsp3) is 0.647. The molecule has 0 radical (unpaired) electrons. The average molecular weight is 282 g/mol. The van der Waals surface area contributed by atoms with E-state index in [1.807, 2.05) is 7.05 Å². The lowest BCUT2D eigenvalue weighted by molar-refractivity contribution is 0.226. The highest BCUT2D eigenvalue weighted by Crippen LogP contribution is 2.32. The molecule has 0 spiro atoms. The summed E-state index contributed by atoms with van der Waals surface area (Å²) in [5.41, 5.74) is 4.22. The first-order chi connectivity index (χ1) is 8.87. The Kier molecular flexibility index (Phi) is 5.88. The van der Waals surface area contributed by atoms with E-state index in [-0.39, 0.29) is 5.41 Å². The van der Waals surface area contributed by atoms with Gasteiger partial charge >= 0.3 is 0 Å². The Bertz CT molecular complexity index is 404. The van der Waals surface area contributed by atoms with Gasteiger partial charge in [-0.15, -0.1) is 0 Å². The summed E-state index contributed by atoms with van der Waals surface area (Å²) in [6, 6.07) is 4.95. The third-order valence-corrected chi connectivity index (χ3v) is 5.06. The van der Waals surface area contributed by atoms with E-state index in [1.54, 1.807) is 0 Å². The molecule has 0 heterocycles. The van der Waals surface area contributed by atoms with Crippen LogP contribution in [0, 0.1) is 12.3 Å². The van der Waals surface area contributed by atoms with Crippen molar-refractivity contribution in [1.82, 2.24) is 5.32 Å². The molecule has 1 N–H and O–H groups in total. The number of halogens is 1. The van der Waals surface area contributed by atoms with Gasteiger partial charge in [-0.05, 0) is 68.3 Å². The number of hydrogen-bond donors (Lipinski definition) is 1. The summed E-state index contributed by atoms with van der Waals surface area (Å²) >= 11 is 6.40. The normalized spacial score (nSPS) is 16.2. The van der Waals surface area contributed by atoms with Crippen molar-refractivity contribution in [2.45, 2.75) is 59.9 Å². The quantitative estimate of drug-likeness (QED) is 0.791. The zero-order chi connectivity index (χ0) is 14.6. The summed E-state index contributed by atoms with van der Waals surface area (Å²) in [6.07, 6.45) is 3.22. The summed E-state index contributed by atoms with van der Waals surface area (Å²) in [7, 11) is 2.04. The summed E-state index contributed by atoms with van der Waals surface area (Å²) in [4.78, 5) is 0. The minimum atomic E-state index is 0.262. The Morgan fingerprint density at radius 2 is 1.95 bits per heavy atom. The predicted octanol–water partition coefficient (Wildman–Crippen LogP) is 4.78. The molecule has 2 heteroatoms. The highest BCUT2D eigenvalue weighted by Gasteiger charge is 2.28. The zero-order valence-electron chi connectivity index (χ0n) is 13.2. The zero-order valence-corrected chi connectivity index (χ0v) is 14.0. The van der Waals surface area contributed by atoms with E-state index in [0.29, 0.717) is 6.04 Å². The van der Waals surface area contributed by atoms with Crippen molar-refractivity contribution < 1.29 is 0 Å². The summed E-state index contributed by atoms with van der Waals surface area (Å²) in [6.45, 7) is 11.2. The molecule has 0 bridgehead atoms. The van der Waals surface area contributed by atoms with E-state index < -0.39 is 0 Å². The first kappa shape index (κ1) is 16.5. The van der Waals surface area contributed by atoms with Gasteiger partial charge in [-0.1, -0.05) is 38.4 Å². The number of nitrogens with one attached hydrogen (secondary N) is 1. The van der Waals surface area contributed by atoms with Gasteiger partial charge in [0, 0.05) is 11.1 Å². The van der Waals surface area contributed by atoms with Crippen molar-refractivity contribution in [1.29, 1.82) is 0 Å². The fourth-order valence-electron chi connectivity index (χ4n) is 2.79. The molecule has 0 aliphatic rings. The van der Waals surface area contributed by atoms with Crippen molar-refractivity contribution in [3.8, 4) is 0 Å². The van der Waals surface area contributed by atoms with E-state index in [2.05, 4.69) is 52.1 Å². The molecule has 1 aromatic rings. The lowest BCUT2D eigenvalue weighted by Crippen LogP contribution is -2.40. The average Bonchev–Trinajstić information content (AvgIpc) is 2.37. The molecule has 1 aromatic carbocycles. The summed E-state index contributed by atoms with van der Waals surface area (Å²) < 4.78 is 0. The van der Waals surface area contributed by atoms with Crippen LogP contribution in [0.1, 0.15) is 50.8 Å². The molecule has 108 valence electrons. The van der Waals surface area contributed by atoms with Crippen LogP contribution >= 0.6 is 11.6 Å². The largest absolute Gasteiger partial charge is 0.317 e. The van der Waals surface area contributed by atoms with Crippen molar-refractivity contribution in [2.75, 3.05) is 7.05 Å². The highest BCUT2D eigenvalue weighted by molar-refractivity contribution is 6.31. The Morgan fingerprint density at radius 1 is 1.32 bits per heavy atom. The molecule has 0 aromatic heterocycles. The van der Waals surface area contributed by atoms with Crippen LogP contribution in [0.4, 0.5) is 0 Å². The molecule has 0 saturated heterocycles. The Labute approximate surface area is 123 Å². The number of aryl methyl sites for hydroxylation is 1. The van der Waals surface area contributed by atoms with Gasteiger partial charge in [-0.25, -0.2) is 0 Å². The van der Waals surface area contributed by atoms with Gasteiger partial charge in [0.15, 0.2) is 0 Å². The highest BCUT2D eigenvalue weighted by atomic mass is 35.5. The van der Waals surface area contributed by atoms with Gasteiger partial charge in [-0.3, -0.25) is 0 Å². The van der Waals surface area contributed by atoms with E-state index in [4.69, 9.17) is 11.6 Å². The number of rotatable bonds is 6. The van der Waals surface area contributed by atoms with Crippen LogP contribution < -0.4 is 5.32 Å². The lowest BCUT2D eigenvalue weighted by Gasteiger charge is -2.35. The Morgan fingerprint density at radius 3 is 2.37 bits per heavy atom. The van der Waals surface area contributed by atoms with Crippen molar-refractivity contribution in [3.05, 3.63) is 33.8 Å². The van der Waals surface area contributed by atoms with Crippen LogP contribution in [-0.4, -0.2) is 13.1 Å². The Balaban J connectivity index is 3.05. The van der Waals surface area contributed by atoms with Crippen LogP contribution in [0.2, 0.25) is 5.02 Å². The predicted molar refractivity (Wildman–Crippen MR) is 86.2 cm³/mol. The second-order valence-corrected chi connectivity index (χ2v) is 6.33. The van der Waals surface area contributed by atoms with Crippen LogP contribution in [0.5, 0.6) is 0 Å². The van der Waals surface area contributed by atoms with Crippen LogP contribution in [0.25, 0.3) is 0 Å². The molecule has 19 heavy (non-hydrogen) atoms. The maximum Gasteiger partial charge on any atom is 0.0443 e. The topological polar surface area (TPSA) is 12.0 Å². The van der Waals surface area contributed by atoms with Gasteiger partial charge in [0.1, 0.15) is 0 Å². The van der Waals surface area contributed by atoms with Crippen molar-refractivity contribution >= 4 is 11.6 Å². The minimum absolute atomic E-state index is 0.262. The molecule has 0 aliphatic carbocycles. The third kappa shape index (κ3) is 3.73. The monoisotopic (exact) mass is 281 g/mol. The van der Waals surface area contributed by atoms with Gasteiger partial charge in [-0.2, -0.15) is 0 Å². The van der Waals surface area contributed by atoms with Crippen LogP contribution in [0.15, 0.2) is 12.1 Å². The van der Waals surface area contributed by atoms with Gasteiger partial charge in [0.25, 0.3) is 0 Å². The lowest BCUT2D eigenvalue weighted by atomic mass is 9.75. The number of benzene rings is 1. The van der Waals surface area contributed by atoms with E-state index in [0.717, 1.165) is 24.3 Å². The minimum Gasteiger partial charge on any atom is -0.317 e. The van der Waals surface area contributed by atoms with Crippen LogP contribution in [-0.2, 0) is 12.8 Å². The molecule has 1 nitrogen and oxygen atoms in total. The molecule has 2 unspecified atom stereocenters. The van der Waals surface area contributed by atoms with Crippen LogP contribution in [0.3, 0.4) is 0 Å². The van der Waals surface area contributed by atoms with E-state index >= 15 is 0 Å². The van der Waals surface area contributed by atoms with E-state index in [1.165, 1.54) is 16.7 Å². The van der Waals surface area contributed by atoms with E-state index in [9.17, 15) is 0 Å². The maximum atomic E-state index is 6.40.